The van der Waals surface area contributed by atoms with E-state index in [1.165, 1.54) is 11.8 Å². The Labute approximate surface area is 259 Å². The van der Waals surface area contributed by atoms with Gasteiger partial charge in [0.15, 0.2) is 0 Å². The number of piperidine rings is 1. The molecule has 1 aliphatic carbocycles. The highest BCUT2D eigenvalue weighted by Gasteiger charge is 2.53. The number of aromatic nitrogens is 2. The molecule has 2 saturated heterocycles. The third-order valence-corrected chi connectivity index (χ3v) is 10.5. The van der Waals surface area contributed by atoms with Gasteiger partial charge in [-0.05, 0) is 100.0 Å². The molecule has 1 amide bonds. The highest BCUT2D eigenvalue weighted by Crippen LogP contribution is 2.52. The van der Waals surface area contributed by atoms with Crippen molar-refractivity contribution >= 4 is 23.4 Å². The topological polar surface area (TPSA) is 62.6 Å². The number of halogens is 2. The van der Waals surface area contributed by atoms with Gasteiger partial charge in [0.1, 0.15) is 17.7 Å². The van der Waals surface area contributed by atoms with Crippen LogP contribution in [0.25, 0.3) is 0 Å². The largest absolute Gasteiger partial charge is 0.446 e. The van der Waals surface area contributed by atoms with E-state index < -0.39 is 11.5 Å². The number of likely N-dealkylation sites (tertiary alicyclic amines) is 1. The minimum atomic E-state index is -0.406. The fourth-order valence-corrected chi connectivity index (χ4v) is 8.24. The van der Waals surface area contributed by atoms with Gasteiger partial charge in [-0.25, -0.2) is 14.2 Å². The molecule has 2 aromatic carbocycles. The van der Waals surface area contributed by atoms with Crippen molar-refractivity contribution in [2.45, 2.75) is 57.1 Å². The summed E-state index contributed by atoms with van der Waals surface area (Å²) in [6, 6.07) is 15.3. The van der Waals surface area contributed by atoms with Gasteiger partial charge in [-0.1, -0.05) is 23.7 Å². The second kappa shape index (κ2) is 12.9. The lowest BCUT2D eigenvalue weighted by atomic mass is 9.58. The highest BCUT2D eigenvalue weighted by atomic mass is 35.5. The van der Waals surface area contributed by atoms with Crippen molar-refractivity contribution in [1.82, 2.24) is 19.8 Å². The average Bonchev–Trinajstić information content (AvgIpc) is 3.63. The van der Waals surface area contributed by atoms with E-state index in [1.54, 1.807) is 13.1 Å². The lowest BCUT2D eigenvalue weighted by Gasteiger charge is -2.51. The lowest BCUT2D eigenvalue weighted by Crippen LogP contribution is -2.55. The van der Waals surface area contributed by atoms with Crippen LogP contribution in [-0.4, -0.2) is 66.4 Å². The van der Waals surface area contributed by atoms with E-state index in [0.29, 0.717) is 18.4 Å². The number of nitrogens with zero attached hydrogens (tertiary/aromatic N) is 4. The first-order valence-electron chi connectivity index (χ1n) is 15.7. The van der Waals surface area contributed by atoms with Crippen molar-refractivity contribution in [2.75, 3.05) is 44.7 Å². The standard InChI is InChI=1S/C34H43ClFN5O2/c1-24-38-15-18-40(24)23-34(27-5-3-6-29(36)19-27,31-7-4-8-32(31)43-33(42)37-2)26-13-16-39(17-14-26)20-25-21-41(22-25)30-11-9-28(35)10-12-30/h3,5-6,9-12,15,18-19,25-26,31-32H,4,7-8,13-14,16-17,20-23H2,1-2H3,(H,37,42). The Balaban J connectivity index is 1.24. The first-order chi connectivity index (χ1) is 20.9. The van der Waals surface area contributed by atoms with E-state index in [-0.39, 0.29) is 17.8 Å². The Kier molecular flexibility index (Phi) is 8.96. The number of nitrogens with one attached hydrogen (secondary N) is 1. The molecule has 3 atom stereocenters. The summed E-state index contributed by atoms with van der Waals surface area (Å²) in [6.45, 7) is 7.95. The van der Waals surface area contributed by atoms with Crippen LogP contribution < -0.4 is 10.2 Å². The third kappa shape index (κ3) is 6.27. The number of hydrogen-bond acceptors (Lipinski definition) is 5. The number of aryl methyl sites for hydroxylation is 1. The Hall–Kier alpha value is -3.10. The summed E-state index contributed by atoms with van der Waals surface area (Å²) in [5, 5.41) is 3.41. The minimum Gasteiger partial charge on any atom is -0.446 e. The number of ether oxygens (including phenoxy) is 1. The number of imidazole rings is 1. The quantitative estimate of drug-likeness (QED) is 0.310. The molecule has 230 valence electrons. The van der Waals surface area contributed by atoms with Crippen molar-refractivity contribution in [1.29, 1.82) is 0 Å². The number of alkyl carbamates (subject to hydrolysis) is 1. The molecular formula is C34H43ClFN5O2. The van der Waals surface area contributed by atoms with E-state index in [0.717, 1.165) is 81.2 Å². The van der Waals surface area contributed by atoms with Crippen LogP contribution in [-0.2, 0) is 16.7 Å². The smallest absolute Gasteiger partial charge is 0.407 e. The van der Waals surface area contributed by atoms with Crippen molar-refractivity contribution in [3.05, 3.63) is 83.2 Å². The zero-order chi connectivity index (χ0) is 30.0. The van der Waals surface area contributed by atoms with Crippen LogP contribution in [0.15, 0.2) is 60.9 Å². The van der Waals surface area contributed by atoms with Gasteiger partial charge in [-0.2, -0.15) is 0 Å². The van der Waals surface area contributed by atoms with Gasteiger partial charge in [0.2, 0.25) is 0 Å². The molecule has 0 radical (unpaired) electrons. The number of rotatable bonds is 9. The number of amides is 1. The van der Waals surface area contributed by atoms with Crippen molar-refractivity contribution in [3.63, 3.8) is 0 Å². The first-order valence-corrected chi connectivity index (χ1v) is 16.1. The number of hydrogen-bond donors (Lipinski definition) is 1. The van der Waals surface area contributed by atoms with E-state index >= 15 is 0 Å². The molecule has 3 heterocycles. The van der Waals surface area contributed by atoms with Crippen molar-refractivity contribution in [3.8, 4) is 0 Å². The van der Waals surface area contributed by atoms with Gasteiger partial charge in [0, 0.05) is 73.6 Å². The molecular weight excluding hydrogens is 565 g/mol. The fourth-order valence-electron chi connectivity index (χ4n) is 8.12. The molecule has 3 aliphatic rings. The normalized spacial score (nSPS) is 23.1. The first kappa shape index (κ1) is 29.9. The second-order valence-corrected chi connectivity index (χ2v) is 13.1. The summed E-state index contributed by atoms with van der Waals surface area (Å²) in [7, 11) is 1.60. The average molecular weight is 608 g/mol. The predicted octanol–water partition coefficient (Wildman–Crippen LogP) is 6.30. The number of anilines is 1. The fraction of sp³-hybridized carbons (Fsp3) is 0.529. The molecule has 3 unspecified atom stereocenters. The van der Waals surface area contributed by atoms with Crippen LogP contribution in [0.2, 0.25) is 5.02 Å². The molecule has 3 fully saturated rings. The minimum absolute atomic E-state index is 0.0736. The molecule has 0 spiro atoms. The molecule has 0 bridgehead atoms. The molecule has 7 nitrogen and oxygen atoms in total. The zero-order valence-corrected chi connectivity index (χ0v) is 26.0. The van der Waals surface area contributed by atoms with E-state index in [9.17, 15) is 9.18 Å². The third-order valence-electron chi connectivity index (χ3n) is 10.3. The SMILES string of the molecule is CNC(=O)OC1CCCC1C(Cn1ccnc1C)(c1cccc(F)c1)C1CCN(CC2CN(c3ccc(Cl)cc3)C2)CC1. The van der Waals surface area contributed by atoms with Crippen LogP contribution in [0, 0.1) is 30.5 Å². The summed E-state index contributed by atoms with van der Waals surface area (Å²) in [6.07, 6.45) is 8.03. The summed E-state index contributed by atoms with van der Waals surface area (Å²) >= 11 is 6.08. The summed E-state index contributed by atoms with van der Waals surface area (Å²) in [5.41, 5.74) is 1.84. The molecule has 43 heavy (non-hydrogen) atoms. The van der Waals surface area contributed by atoms with Gasteiger partial charge in [-0.3, -0.25) is 0 Å². The zero-order valence-electron chi connectivity index (χ0n) is 25.2. The highest BCUT2D eigenvalue weighted by molar-refractivity contribution is 6.30. The van der Waals surface area contributed by atoms with E-state index in [1.807, 2.05) is 37.5 Å². The number of benzene rings is 2. The van der Waals surface area contributed by atoms with Gasteiger partial charge in [0.05, 0.1) is 0 Å². The van der Waals surface area contributed by atoms with Crippen LogP contribution in [0.1, 0.15) is 43.5 Å². The Morgan fingerprint density at radius 1 is 1.12 bits per heavy atom. The Bertz CT molecular complexity index is 1390. The molecule has 3 aromatic rings. The summed E-state index contributed by atoms with van der Waals surface area (Å²) in [4.78, 5) is 22.0. The number of carbonyl (C=O) groups excluding carboxylic acids is 1. The molecule has 1 N–H and O–H groups in total. The van der Waals surface area contributed by atoms with Gasteiger partial charge in [-0.15, -0.1) is 0 Å². The Morgan fingerprint density at radius 2 is 1.88 bits per heavy atom. The molecule has 9 heteroatoms. The number of carbonyl (C=O) groups is 1. The van der Waals surface area contributed by atoms with Crippen LogP contribution in [0.5, 0.6) is 0 Å². The van der Waals surface area contributed by atoms with Gasteiger partial charge >= 0.3 is 6.09 Å². The van der Waals surface area contributed by atoms with E-state index in [2.05, 4.69) is 42.9 Å². The summed E-state index contributed by atoms with van der Waals surface area (Å²) in [5.74, 6) is 1.74. The maximum absolute atomic E-state index is 15.0. The van der Waals surface area contributed by atoms with Crippen LogP contribution in [0.3, 0.4) is 0 Å². The van der Waals surface area contributed by atoms with Crippen LogP contribution >= 0.6 is 11.6 Å². The van der Waals surface area contributed by atoms with Crippen molar-refractivity contribution < 1.29 is 13.9 Å². The monoisotopic (exact) mass is 607 g/mol. The maximum atomic E-state index is 15.0. The summed E-state index contributed by atoms with van der Waals surface area (Å²) < 4.78 is 23.2. The van der Waals surface area contributed by atoms with Gasteiger partial charge in [0.25, 0.3) is 0 Å². The lowest BCUT2D eigenvalue weighted by molar-refractivity contribution is 0.00168. The molecule has 2 aliphatic heterocycles. The predicted molar refractivity (Wildman–Crippen MR) is 168 cm³/mol. The van der Waals surface area contributed by atoms with Crippen LogP contribution in [0.4, 0.5) is 14.9 Å². The molecule has 6 rings (SSSR count). The maximum Gasteiger partial charge on any atom is 0.407 e. The van der Waals surface area contributed by atoms with Crippen molar-refractivity contribution in [2.24, 2.45) is 17.8 Å². The molecule has 1 aromatic heterocycles. The Morgan fingerprint density at radius 3 is 2.56 bits per heavy atom. The second-order valence-electron chi connectivity index (χ2n) is 12.7. The molecule has 1 saturated carbocycles. The van der Waals surface area contributed by atoms with Gasteiger partial charge < -0.3 is 24.4 Å². The van der Waals surface area contributed by atoms with E-state index in [4.69, 9.17) is 16.3 Å².